The van der Waals surface area contributed by atoms with E-state index in [4.69, 9.17) is 0 Å². The minimum absolute atomic E-state index is 0.649. The van der Waals surface area contributed by atoms with E-state index in [9.17, 15) is 8.76 Å². The third kappa shape index (κ3) is 5.35. The Morgan fingerprint density at radius 2 is 1.91 bits per heavy atom. The summed E-state index contributed by atoms with van der Waals surface area (Å²) in [5.74, 6) is 0. The molecule has 0 aliphatic rings. The molecule has 0 heterocycles. The van der Waals surface area contributed by atoms with Gasteiger partial charge in [0, 0.05) is 24.4 Å². The summed E-state index contributed by atoms with van der Waals surface area (Å²) in [7, 11) is 0. The van der Waals surface area contributed by atoms with Crippen LogP contribution in [0.3, 0.4) is 0 Å². The summed E-state index contributed by atoms with van der Waals surface area (Å²) in [5, 5.41) is 0. The third-order valence-corrected chi connectivity index (χ3v) is 2.23. The van der Waals surface area contributed by atoms with E-state index in [1.165, 1.54) is 4.31 Å². The van der Waals surface area contributed by atoms with Crippen molar-refractivity contribution in [2.45, 2.75) is 33.1 Å². The highest BCUT2D eigenvalue weighted by molar-refractivity contribution is 7.76. The average molecular weight is 178 g/mol. The van der Waals surface area contributed by atoms with Gasteiger partial charge in [0.15, 0.2) is 0 Å². The molecule has 0 fully saturated rings. The Bertz CT molecular complexity index is 119. The lowest BCUT2D eigenvalue weighted by atomic mass is 10.3. The zero-order chi connectivity index (χ0) is 8.69. The van der Waals surface area contributed by atoms with E-state index < -0.39 is 11.3 Å². The van der Waals surface area contributed by atoms with Gasteiger partial charge < -0.3 is 4.55 Å². The molecule has 0 radical (unpaired) electrons. The smallest absolute Gasteiger partial charge is 0.0209 e. The van der Waals surface area contributed by atoms with E-state index in [1.807, 2.05) is 6.92 Å². The molecule has 1 unspecified atom stereocenters. The highest BCUT2D eigenvalue weighted by atomic mass is 32.2. The molecule has 0 aliphatic heterocycles. The van der Waals surface area contributed by atoms with Crippen LogP contribution in [0.4, 0.5) is 0 Å². The second kappa shape index (κ2) is 6.76. The number of hydrogen-bond acceptors (Lipinski definition) is 2. The summed E-state index contributed by atoms with van der Waals surface area (Å²) < 4.78 is 22.5. The van der Waals surface area contributed by atoms with Crippen molar-refractivity contribution >= 4 is 11.3 Å². The lowest BCUT2D eigenvalue weighted by molar-refractivity contribution is 0.381. The molecule has 11 heavy (non-hydrogen) atoms. The fraction of sp³-hybridized carbons (Fsp3) is 1.00. The Morgan fingerprint density at radius 1 is 1.27 bits per heavy atom. The molecular weight excluding hydrogens is 162 g/mol. The standard InChI is InChI=1S/C7H17NO2S/c1-3-5-7-8(6-4-2)11(9)10/h3-7H2,1-2H3,(H,9,10)/p-1. The fourth-order valence-corrected chi connectivity index (χ4v) is 1.45. The number of nitrogens with zero attached hydrogens (tertiary/aromatic N) is 1. The van der Waals surface area contributed by atoms with Gasteiger partial charge in [0.25, 0.3) is 0 Å². The highest BCUT2D eigenvalue weighted by Gasteiger charge is 2.01. The van der Waals surface area contributed by atoms with Gasteiger partial charge in [0.2, 0.25) is 0 Å². The quantitative estimate of drug-likeness (QED) is 0.575. The van der Waals surface area contributed by atoms with E-state index in [0.717, 1.165) is 19.3 Å². The molecule has 0 spiro atoms. The molecule has 3 nitrogen and oxygen atoms in total. The third-order valence-electron chi connectivity index (χ3n) is 1.44. The monoisotopic (exact) mass is 178 g/mol. The van der Waals surface area contributed by atoms with Gasteiger partial charge >= 0.3 is 0 Å². The van der Waals surface area contributed by atoms with E-state index in [2.05, 4.69) is 6.92 Å². The largest absolute Gasteiger partial charge is 0.760 e. The fourth-order valence-electron chi connectivity index (χ4n) is 0.845. The molecule has 0 aromatic rings. The van der Waals surface area contributed by atoms with Crippen molar-refractivity contribution in [3.05, 3.63) is 0 Å². The summed E-state index contributed by atoms with van der Waals surface area (Å²) in [6.45, 7) is 5.35. The molecule has 68 valence electrons. The average Bonchev–Trinajstić information content (AvgIpc) is 1.97. The Kier molecular flexibility index (Phi) is 6.80. The first-order valence-corrected chi connectivity index (χ1v) is 5.09. The lowest BCUT2D eigenvalue weighted by Gasteiger charge is -2.22. The van der Waals surface area contributed by atoms with Crippen LogP contribution in [0.15, 0.2) is 0 Å². The second-order valence-corrected chi connectivity index (χ2v) is 3.45. The van der Waals surface area contributed by atoms with Crippen molar-refractivity contribution in [1.82, 2.24) is 4.31 Å². The first kappa shape index (κ1) is 11.1. The molecule has 0 N–H and O–H groups in total. The van der Waals surface area contributed by atoms with Crippen LogP contribution in [0, 0.1) is 0 Å². The van der Waals surface area contributed by atoms with Crippen LogP contribution in [0.2, 0.25) is 0 Å². The predicted octanol–water partition coefficient (Wildman–Crippen LogP) is 1.29. The summed E-state index contributed by atoms with van der Waals surface area (Å²) in [4.78, 5) is 0. The molecule has 0 aliphatic carbocycles. The van der Waals surface area contributed by atoms with Gasteiger partial charge in [0.05, 0.1) is 0 Å². The van der Waals surface area contributed by atoms with Crippen LogP contribution in [-0.2, 0) is 11.3 Å². The molecular formula is C7H16NO2S-. The van der Waals surface area contributed by atoms with Gasteiger partial charge in [-0.1, -0.05) is 20.3 Å². The van der Waals surface area contributed by atoms with E-state index in [-0.39, 0.29) is 0 Å². The van der Waals surface area contributed by atoms with Crippen LogP contribution >= 0.6 is 0 Å². The van der Waals surface area contributed by atoms with Crippen LogP contribution < -0.4 is 0 Å². The maximum atomic E-state index is 10.5. The SMILES string of the molecule is CCCCN(CCC)S(=O)[O-]. The molecule has 0 amide bonds. The topological polar surface area (TPSA) is 43.4 Å². The molecule has 0 bridgehead atoms. The maximum Gasteiger partial charge on any atom is 0.0209 e. The Morgan fingerprint density at radius 3 is 2.27 bits per heavy atom. The number of hydrogen-bond donors (Lipinski definition) is 0. The Hall–Kier alpha value is 0.0700. The van der Waals surface area contributed by atoms with Gasteiger partial charge in [-0.15, -0.1) is 0 Å². The second-order valence-electron chi connectivity index (χ2n) is 2.50. The minimum Gasteiger partial charge on any atom is -0.760 e. The zero-order valence-electron chi connectivity index (χ0n) is 7.21. The van der Waals surface area contributed by atoms with Crippen molar-refractivity contribution in [2.24, 2.45) is 0 Å². The van der Waals surface area contributed by atoms with Crippen molar-refractivity contribution in [3.8, 4) is 0 Å². The van der Waals surface area contributed by atoms with Crippen LogP contribution in [-0.4, -0.2) is 26.2 Å². The zero-order valence-corrected chi connectivity index (χ0v) is 8.02. The number of rotatable bonds is 6. The molecule has 0 rings (SSSR count). The number of unbranched alkanes of at least 4 members (excludes halogenated alkanes) is 1. The minimum atomic E-state index is -2.02. The van der Waals surface area contributed by atoms with E-state index >= 15 is 0 Å². The van der Waals surface area contributed by atoms with Crippen molar-refractivity contribution in [2.75, 3.05) is 13.1 Å². The van der Waals surface area contributed by atoms with Crippen LogP contribution in [0.1, 0.15) is 33.1 Å². The summed E-state index contributed by atoms with van der Waals surface area (Å²) in [5.41, 5.74) is 0. The van der Waals surface area contributed by atoms with Crippen LogP contribution in [0.5, 0.6) is 0 Å². The summed E-state index contributed by atoms with van der Waals surface area (Å²) in [6.07, 6.45) is 2.88. The van der Waals surface area contributed by atoms with E-state index in [1.54, 1.807) is 0 Å². The van der Waals surface area contributed by atoms with E-state index in [0.29, 0.717) is 13.1 Å². The van der Waals surface area contributed by atoms with Crippen LogP contribution in [0.25, 0.3) is 0 Å². The molecule has 0 aromatic carbocycles. The molecule has 0 saturated heterocycles. The van der Waals surface area contributed by atoms with Gasteiger partial charge in [-0.3, -0.25) is 4.21 Å². The predicted molar refractivity (Wildman–Crippen MR) is 45.7 cm³/mol. The molecule has 0 saturated carbocycles. The molecule has 1 atom stereocenters. The summed E-state index contributed by atoms with van der Waals surface area (Å²) in [6, 6.07) is 0. The van der Waals surface area contributed by atoms with Crippen molar-refractivity contribution in [3.63, 3.8) is 0 Å². The van der Waals surface area contributed by atoms with Gasteiger partial charge in [-0.25, -0.2) is 4.31 Å². The van der Waals surface area contributed by atoms with Gasteiger partial charge in [0.1, 0.15) is 0 Å². The Labute approximate surface area is 71.2 Å². The van der Waals surface area contributed by atoms with Gasteiger partial charge in [-0.2, -0.15) is 0 Å². The normalized spacial score (nSPS) is 13.8. The van der Waals surface area contributed by atoms with Crippen molar-refractivity contribution in [1.29, 1.82) is 0 Å². The highest BCUT2D eigenvalue weighted by Crippen LogP contribution is 1.98. The lowest BCUT2D eigenvalue weighted by Crippen LogP contribution is -2.27. The summed E-state index contributed by atoms with van der Waals surface area (Å²) >= 11 is -2.02. The first-order valence-electron chi connectivity index (χ1n) is 4.06. The van der Waals surface area contributed by atoms with Gasteiger partial charge in [-0.05, 0) is 12.8 Å². The molecule has 0 aromatic heterocycles. The maximum absolute atomic E-state index is 10.5. The first-order chi connectivity index (χ1) is 5.22. The van der Waals surface area contributed by atoms with Crippen molar-refractivity contribution < 1.29 is 8.76 Å². The molecule has 4 heteroatoms. The Balaban J connectivity index is 3.60.